The first kappa shape index (κ1) is 21.5. The second-order valence-electron chi connectivity index (χ2n) is 7.64. The maximum atomic E-state index is 14.7. The highest BCUT2D eigenvalue weighted by molar-refractivity contribution is 6.33. The number of halogens is 2. The van der Waals surface area contributed by atoms with Crippen molar-refractivity contribution in [3.63, 3.8) is 0 Å². The smallest absolute Gasteiger partial charge is 0.273 e. The second-order valence-corrected chi connectivity index (χ2v) is 8.05. The van der Waals surface area contributed by atoms with Gasteiger partial charge in [-0.1, -0.05) is 31.4 Å². The Hall–Kier alpha value is -3.76. The van der Waals surface area contributed by atoms with Gasteiger partial charge < -0.3 is 0 Å². The Morgan fingerprint density at radius 3 is 2.66 bits per heavy atom. The minimum atomic E-state index is -0.681. The largest absolute Gasteiger partial charge is 0.334 e. The molecule has 1 N–H and O–H groups in total. The van der Waals surface area contributed by atoms with Crippen LogP contribution in [0.15, 0.2) is 46.1 Å². The summed E-state index contributed by atoms with van der Waals surface area (Å²) in [6.07, 6.45) is 7.11. The third kappa shape index (κ3) is 3.49. The third-order valence-electron chi connectivity index (χ3n) is 5.15. The average molecular weight is 449 g/mol. The molecular formula is C24H18ClFN4O2. The Morgan fingerprint density at radius 1 is 1.22 bits per heavy atom. The lowest BCUT2D eigenvalue weighted by Gasteiger charge is -2.18. The van der Waals surface area contributed by atoms with Crippen LogP contribution in [-0.2, 0) is 0 Å². The lowest BCUT2D eigenvalue weighted by molar-refractivity contribution is 0.630. The van der Waals surface area contributed by atoms with Crippen molar-refractivity contribution < 1.29 is 4.39 Å². The first-order chi connectivity index (χ1) is 15.2. The van der Waals surface area contributed by atoms with Crippen molar-refractivity contribution in [1.29, 1.82) is 0 Å². The summed E-state index contributed by atoms with van der Waals surface area (Å²) in [6.45, 7) is 5.72. The van der Waals surface area contributed by atoms with E-state index in [-0.39, 0.29) is 33.2 Å². The number of aromatic amines is 1. The molecule has 0 aliphatic rings. The third-order valence-corrected chi connectivity index (χ3v) is 5.44. The van der Waals surface area contributed by atoms with E-state index in [9.17, 15) is 14.0 Å². The molecule has 4 aromatic rings. The van der Waals surface area contributed by atoms with Crippen molar-refractivity contribution in [2.75, 3.05) is 0 Å². The molecule has 0 saturated carbocycles. The topological polar surface area (TPSA) is 80.6 Å². The molecule has 0 spiro atoms. The van der Waals surface area contributed by atoms with Crippen molar-refractivity contribution in [3.05, 3.63) is 85.0 Å². The number of nitrogens with zero attached hydrogens (tertiary/aromatic N) is 3. The van der Waals surface area contributed by atoms with Crippen molar-refractivity contribution in [2.24, 2.45) is 0 Å². The highest BCUT2D eigenvalue weighted by Crippen LogP contribution is 2.32. The van der Waals surface area contributed by atoms with Gasteiger partial charge in [0, 0.05) is 17.3 Å². The SMILES string of the molecule is C#Cc1ccc(F)c(-c2nc3c(cc2Cl)c(=O)[nH]c(=O)n3-c2c(C)ccnc2C(C)C)c1. The van der Waals surface area contributed by atoms with Crippen LogP contribution in [0.3, 0.4) is 0 Å². The van der Waals surface area contributed by atoms with Crippen LogP contribution >= 0.6 is 11.6 Å². The van der Waals surface area contributed by atoms with Crippen LogP contribution in [0.1, 0.15) is 36.6 Å². The molecule has 1 aromatic carbocycles. The molecule has 6 nitrogen and oxygen atoms in total. The molecule has 0 atom stereocenters. The Morgan fingerprint density at radius 2 is 1.97 bits per heavy atom. The summed E-state index contributed by atoms with van der Waals surface area (Å²) in [6, 6.07) is 7.26. The molecule has 0 bridgehead atoms. The number of H-pyrrole nitrogens is 1. The van der Waals surface area contributed by atoms with Crippen LogP contribution in [0, 0.1) is 25.1 Å². The zero-order chi connectivity index (χ0) is 23.2. The van der Waals surface area contributed by atoms with Gasteiger partial charge in [-0.3, -0.25) is 14.8 Å². The number of pyridine rings is 2. The molecule has 0 fully saturated rings. The maximum absolute atomic E-state index is 14.7. The van der Waals surface area contributed by atoms with E-state index < -0.39 is 17.1 Å². The summed E-state index contributed by atoms with van der Waals surface area (Å²) in [4.78, 5) is 36.8. The molecule has 0 amide bonds. The lowest BCUT2D eigenvalue weighted by atomic mass is 10.0. The number of hydrogen-bond acceptors (Lipinski definition) is 4. The second kappa shape index (κ2) is 8.06. The van der Waals surface area contributed by atoms with E-state index in [1.165, 1.54) is 28.8 Å². The molecular weight excluding hydrogens is 431 g/mol. The molecule has 3 heterocycles. The summed E-state index contributed by atoms with van der Waals surface area (Å²) >= 11 is 6.40. The Balaban J connectivity index is 2.17. The molecule has 160 valence electrons. The molecule has 0 saturated heterocycles. The number of aromatic nitrogens is 4. The van der Waals surface area contributed by atoms with Crippen molar-refractivity contribution in [1.82, 2.24) is 19.5 Å². The Bertz CT molecular complexity index is 1550. The first-order valence-electron chi connectivity index (χ1n) is 9.81. The Labute approximate surface area is 187 Å². The quantitative estimate of drug-likeness (QED) is 0.473. The molecule has 3 aromatic heterocycles. The number of rotatable bonds is 3. The zero-order valence-corrected chi connectivity index (χ0v) is 18.3. The molecule has 8 heteroatoms. The average Bonchev–Trinajstić information content (AvgIpc) is 2.75. The van der Waals surface area contributed by atoms with Gasteiger partial charge >= 0.3 is 5.69 Å². The summed E-state index contributed by atoms with van der Waals surface area (Å²) < 4.78 is 16.0. The zero-order valence-electron chi connectivity index (χ0n) is 17.5. The summed E-state index contributed by atoms with van der Waals surface area (Å²) in [5.41, 5.74) is 1.21. The van der Waals surface area contributed by atoms with E-state index in [1.807, 2.05) is 20.8 Å². The van der Waals surface area contributed by atoms with Crippen LogP contribution in [0.5, 0.6) is 0 Å². The number of aryl methyl sites for hydroxylation is 1. The number of benzene rings is 1. The van der Waals surface area contributed by atoms with Crippen LogP contribution in [0.25, 0.3) is 28.0 Å². The van der Waals surface area contributed by atoms with Crippen LogP contribution in [-0.4, -0.2) is 19.5 Å². The van der Waals surface area contributed by atoms with Gasteiger partial charge in [0.2, 0.25) is 0 Å². The number of terminal acetylenes is 1. The molecule has 4 rings (SSSR count). The van der Waals surface area contributed by atoms with Gasteiger partial charge in [-0.15, -0.1) is 6.42 Å². The Kier molecular flexibility index (Phi) is 5.41. The molecule has 0 radical (unpaired) electrons. The monoisotopic (exact) mass is 448 g/mol. The van der Waals surface area contributed by atoms with Gasteiger partial charge in [-0.2, -0.15) is 0 Å². The van der Waals surface area contributed by atoms with E-state index in [0.29, 0.717) is 16.9 Å². The summed E-state index contributed by atoms with van der Waals surface area (Å²) in [5.74, 6) is 1.84. The standard InChI is InChI=1S/C24H18ClFN4O2/c1-5-14-6-7-18(26)15(10-14)20-17(25)11-16-22(28-20)30(24(32)29-23(16)31)21-13(4)8-9-27-19(21)12(2)3/h1,6-12H,2-4H3,(H,29,31,32). The molecule has 0 unspecified atom stereocenters. The minimum absolute atomic E-state index is 0.0182. The fourth-order valence-corrected chi connectivity index (χ4v) is 3.86. The van der Waals surface area contributed by atoms with Gasteiger partial charge in [-0.05, 0) is 48.7 Å². The van der Waals surface area contributed by atoms with Crippen LogP contribution in [0.4, 0.5) is 4.39 Å². The van der Waals surface area contributed by atoms with E-state index in [1.54, 1.807) is 12.3 Å². The van der Waals surface area contributed by atoms with Crippen molar-refractivity contribution in [3.8, 4) is 29.3 Å². The number of nitrogens with one attached hydrogen (secondary N) is 1. The van der Waals surface area contributed by atoms with E-state index in [4.69, 9.17) is 18.0 Å². The normalized spacial score (nSPS) is 11.2. The maximum Gasteiger partial charge on any atom is 0.334 e. The minimum Gasteiger partial charge on any atom is -0.273 e. The number of fused-ring (bicyclic) bond motifs is 1. The van der Waals surface area contributed by atoms with Gasteiger partial charge in [0.1, 0.15) is 5.82 Å². The van der Waals surface area contributed by atoms with Crippen molar-refractivity contribution in [2.45, 2.75) is 26.7 Å². The fourth-order valence-electron chi connectivity index (χ4n) is 3.61. The summed E-state index contributed by atoms with van der Waals surface area (Å²) in [7, 11) is 0. The first-order valence-corrected chi connectivity index (χ1v) is 10.2. The van der Waals surface area contributed by atoms with Gasteiger partial charge in [-0.25, -0.2) is 18.7 Å². The van der Waals surface area contributed by atoms with Crippen LogP contribution < -0.4 is 11.2 Å². The van der Waals surface area contributed by atoms with Gasteiger partial charge in [0.25, 0.3) is 5.56 Å². The van der Waals surface area contributed by atoms with Crippen molar-refractivity contribution >= 4 is 22.6 Å². The highest BCUT2D eigenvalue weighted by atomic mass is 35.5. The highest BCUT2D eigenvalue weighted by Gasteiger charge is 2.21. The predicted molar refractivity (Wildman–Crippen MR) is 123 cm³/mol. The lowest BCUT2D eigenvalue weighted by Crippen LogP contribution is -2.31. The molecule has 0 aliphatic carbocycles. The van der Waals surface area contributed by atoms with Gasteiger partial charge in [0.15, 0.2) is 5.65 Å². The number of hydrogen-bond donors (Lipinski definition) is 1. The fraction of sp³-hybridized carbons (Fsp3) is 0.167. The molecule has 0 aliphatic heterocycles. The van der Waals surface area contributed by atoms with Gasteiger partial charge in [0.05, 0.1) is 27.5 Å². The van der Waals surface area contributed by atoms with E-state index in [2.05, 4.69) is 20.9 Å². The van der Waals surface area contributed by atoms with Crippen LogP contribution in [0.2, 0.25) is 5.02 Å². The summed E-state index contributed by atoms with van der Waals surface area (Å²) in [5, 5.41) is 0.137. The molecule has 32 heavy (non-hydrogen) atoms. The predicted octanol–water partition coefficient (Wildman–Crippen LogP) is 4.34. The van der Waals surface area contributed by atoms with E-state index >= 15 is 0 Å². The van der Waals surface area contributed by atoms with E-state index in [0.717, 1.165) is 5.56 Å².